The van der Waals surface area contributed by atoms with E-state index in [0.29, 0.717) is 9.77 Å². The Kier molecular flexibility index (Phi) is 20.6. The summed E-state index contributed by atoms with van der Waals surface area (Å²) in [5, 5.41) is 2.20. The Morgan fingerprint density at radius 2 is 0.841 bits per heavy atom. The van der Waals surface area contributed by atoms with Crippen molar-refractivity contribution >= 4 is 152 Å². The van der Waals surface area contributed by atoms with Crippen LogP contribution in [0.2, 0.25) is 15.1 Å². The topological polar surface area (TPSA) is 68.3 Å². The van der Waals surface area contributed by atoms with Gasteiger partial charge in [-0.15, -0.1) is 45.3 Å². The average molecular weight is 1050 g/mol. The summed E-state index contributed by atoms with van der Waals surface area (Å²) in [7, 11) is 0. The van der Waals surface area contributed by atoms with Gasteiger partial charge in [0.25, 0.3) is 0 Å². The second-order valence-electron chi connectivity index (χ2n) is 11.9. The molecule has 0 N–H and O–H groups in total. The van der Waals surface area contributed by atoms with Crippen molar-refractivity contribution in [2.75, 3.05) is 0 Å². The molecule has 0 fully saturated rings. The van der Waals surface area contributed by atoms with E-state index in [4.69, 9.17) is 34.8 Å². The monoisotopic (exact) mass is 1050 g/mol. The van der Waals surface area contributed by atoms with E-state index in [1.807, 2.05) is 109 Å². The van der Waals surface area contributed by atoms with Crippen LogP contribution >= 0.6 is 127 Å². The quantitative estimate of drug-likeness (QED) is 0.112. The molecule has 0 aliphatic heterocycles. The Morgan fingerprint density at radius 3 is 1.27 bits per heavy atom. The average Bonchev–Trinajstić information content (AvgIpc) is 4.12. The fraction of sp³-hybridized carbons (Fsp3) is 0.0222. The highest BCUT2D eigenvalue weighted by molar-refractivity contribution is 8.02. The number of halogens is 6. The number of hydrogen-bond donors (Lipinski definition) is 0. The summed E-state index contributed by atoms with van der Waals surface area (Å²) >= 11 is 29.4. The van der Waals surface area contributed by atoms with E-state index < -0.39 is 11.7 Å². The van der Waals surface area contributed by atoms with E-state index in [9.17, 15) is 32.3 Å². The van der Waals surface area contributed by atoms with Crippen molar-refractivity contribution in [2.45, 2.75) is 42.6 Å². The van der Waals surface area contributed by atoms with Crippen LogP contribution in [-0.2, 0) is 6.18 Å². The molecule has 0 saturated carbocycles. The van der Waals surface area contributed by atoms with Crippen molar-refractivity contribution in [3.63, 3.8) is 0 Å². The molecule has 4 aromatic heterocycles. The summed E-state index contributed by atoms with van der Waals surface area (Å²) in [4.78, 5) is 48.6. The normalized spacial score (nSPS) is 10.6. The number of aldehydes is 4. The second kappa shape index (κ2) is 25.8. The largest absolute Gasteiger partial charge is 0.416 e. The van der Waals surface area contributed by atoms with Gasteiger partial charge in [-0.2, -0.15) is 13.2 Å². The van der Waals surface area contributed by atoms with Crippen LogP contribution in [0.15, 0.2) is 182 Å². The maximum atomic E-state index is 12.5. The van der Waals surface area contributed by atoms with Crippen LogP contribution in [0.5, 0.6) is 0 Å². The molecule has 63 heavy (non-hydrogen) atoms. The van der Waals surface area contributed by atoms with Gasteiger partial charge in [0, 0.05) is 29.6 Å². The van der Waals surface area contributed by atoms with Crippen LogP contribution in [-0.4, -0.2) is 25.1 Å². The Balaban J connectivity index is 0.000000159. The smallest absolute Gasteiger partial charge is 0.297 e. The van der Waals surface area contributed by atoms with E-state index in [1.165, 1.54) is 63.2 Å². The molecule has 0 atom stereocenters. The lowest BCUT2D eigenvalue weighted by Gasteiger charge is -2.07. The molecule has 0 amide bonds. The molecular weight excluding hydrogens is 1020 g/mol. The van der Waals surface area contributed by atoms with Crippen molar-refractivity contribution in [3.8, 4) is 0 Å². The SMILES string of the molecule is O=Cc1ccc(Sc2ccc(Cl)cc2)s1.O=Cc1ccc(Sc2cccc(C(F)(F)F)c2)s1.O=Cc1ccc(Sc2cccc(Cl)c2)s1.O=Cc1ccc(Sc2ccccc2Cl)s1. The van der Waals surface area contributed by atoms with Crippen LogP contribution in [0.25, 0.3) is 0 Å². The molecule has 0 radical (unpaired) electrons. The summed E-state index contributed by atoms with van der Waals surface area (Å²) in [6.07, 6.45) is -1.01. The van der Waals surface area contributed by atoms with E-state index in [1.54, 1.807) is 53.5 Å². The lowest BCUT2D eigenvalue weighted by molar-refractivity contribution is -0.137. The zero-order chi connectivity index (χ0) is 45.2. The third-order valence-corrected chi connectivity index (χ3v) is 16.9. The summed E-state index contributed by atoms with van der Waals surface area (Å²) in [6, 6.07) is 42.8. The Morgan fingerprint density at radius 1 is 0.413 bits per heavy atom. The number of rotatable bonds is 12. The molecule has 0 bridgehead atoms. The summed E-state index contributed by atoms with van der Waals surface area (Å²) < 4.78 is 41.6. The lowest BCUT2D eigenvalue weighted by atomic mass is 10.2. The molecule has 18 heteroatoms. The number of alkyl halides is 3. The standard InChI is InChI=1S/C12H7F3OS2.3C11H7ClOS2/c13-12(14,15)8-2-1-3-9(6-8)17-11-5-4-10(7-16)18-11;12-8-1-3-9(4-2-8)14-11-6-5-10(7-13)15-11;12-8-2-1-3-9(6-8)14-11-5-4-10(7-13)15-11;12-9-3-1-2-4-10(9)15-11-6-5-8(7-13)14-11/h1-7H;3*1-7H. The highest BCUT2D eigenvalue weighted by atomic mass is 35.5. The third kappa shape index (κ3) is 17.4. The highest BCUT2D eigenvalue weighted by Crippen LogP contribution is 2.39. The molecule has 0 aliphatic rings. The maximum Gasteiger partial charge on any atom is 0.416 e. The van der Waals surface area contributed by atoms with Crippen molar-refractivity contribution in [3.05, 3.63) is 186 Å². The molecule has 8 aromatic rings. The lowest BCUT2D eigenvalue weighted by Crippen LogP contribution is -2.04. The first-order valence-electron chi connectivity index (χ1n) is 17.7. The van der Waals surface area contributed by atoms with Gasteiger partial charge < -0.3 is 0 Å². The number of hydrogen-bond acceptors (Lipinski definition) is 12. The van der Waals surface area contributed by atoms with E-state index >= 15 is 0 Å². The van der Waals surface area contributed by atoms with Crippen LogP contribution in [0.3, 0.4) is 0 Å². The van der Waals surface area contributed by atoms with Gasteiger partial charge in [0.2, 0.25) is 0 Å². The Labute approximate surface area is 409 Å². The van der Waals surface area contributed by atoms with Crippen LogP contribution in [0, 0.1) is 0 Å². The molecule has 0 unspecified atom stereocenters. The fourth-order valence-electron chi connectivity index (χ4n) is 4.56. The molecular formula is C45H28Cl3F3O4S8. The van der Waals surface area contributed by atoms with Crippen LogP contribution in [0.4, 0.5) is 13.2 Å². The van der Waals surface area contributed by atoms with Crippen molar-refractivity contribution in [1.29, 1.82) is 0 Å². The molecule has 4 aromatic carbocycles. The van der Waals surface area contributed by atoms with Gasteiger partial charge in [-0.25, -0.2) is 0 Å². The number of carbonyl (C=O) groups is 4. The van der Waals surface area contributed by atoms with E-state index in [-0.39, 0.29) is 0 Å². The molecule has 322 valence electrons. The van der Waals surface area contributed by atoms with Crippen molar-refractivity contribution in [1.82, 2.24) is 0 Å². The first kappa shape index (κ1) is 50.4. The summed E-state index contributed by atoms with van der Waals surface area (Å²) in [5.41, 5.74) is -0.667. The van der Waals surface area contributed by atoms with Crippen LogP contribution in [0.1, 0.15) is 44.3 Å². The minimum absolute atomic E-state index is 0.504. The minimum Gasteiger partial charge on any atom is -0.297 e. The predicted octanol–water partition coefficient (Wildman–Crippen LogP) is 17.8. The number of carbonyl (C=O) groups excluding carboxylic acids is 4. The number of thiophene rings is 4. The van der Waals surface area contributed by atoms with E-state index in [2.05, 4.69) is 0 Å². The Hall–Kier alpha value is -3.58. The minimum atomic E-state index is -4.33. The first-order chi connectivity index (χ1) is 30.3. The van der Waals surface area contributed by atoms with Gasteiger partial charge >= 0.3 is 6.18 Å². The van der Waals surface area contributed by atoms with E-state index in [0.717, 1.165) is 98.5 Å². The van der Waals surface area contributed by atoms with Crippen molar-refractivity contribution in [2.24, 2.45) is 0 Å². The molecule has 0 aliphatic carbocycles. The highest BCUT2D eigenvalue weighted by Gasteiger charge is 2.30. The Bertz CT molecular complexity index is 2730. The molecule has 0 saturated heterocycles. The zero-order valence-electron chi connectivity index (χ0n) is 31.8. The second-order valence-corrected chi connectivity index (χ2v) is 23.1. The zero-order valence-corrected chi connectivity index (χ0v) is 40.6. The van der Waals surface area contributed by atoms with Crippen LogP contribution < -0.4 is 0 Å². The molecule has 4 heterocycles. The summed E-state index contributed by atoms with van der Waals surface area (Å²) in [6.45, 7) is 0. The molecule has 0 spiro atoms. The number of benzene rings is 4. The van der Waals surface area contributed by atoms with Gasteiger partial charge in [0.05, 0.1) is 46.9 Å². The first-order valence-corrected chi connectivity index (χ1v) is 25.3. The van der Waals surface area contributed by atoms with Gasteiger partial charge in [0.1, 0.15) is 0 Å². The fourth-order valence-corrected chi connectivity index (χ4v) is 13.1. The maximum absolute atomic E-state index is 12.5. The third-order valence-electron chi connectivity index (χ3n) is 7.35. The van der Waals surface area contributed by atoms with Gasteiger partial charge in [-0.1, -0.05) is 106 Å². The predicted molar refractivity (Wildman–Crippen MR) is 261 cm³/mol. The van der Waals surface area contributed by atoms with Crippen molar-refractivity contribution < 1.29 is 32.3 Å². The van der Waals surface area contributed by atoms with Gasteiger partial charge in [0.15, 0.2) is 25.1 Å². The van der Waals surface area contributed by atoms with Gasteiger partial charge in [-0.3, -0.25) is 19.2 Å². The van der Waals surface area contributed by atoms with Gasteiger partial charge in [-0.05, 0) is 121 Å². The summed E-state index contributed by atoms with van der Waals surface area (Å²) in [5.74, 6) is 0. The molecule has 4 nitrogen and oxygen atoms in total. The molecule has 8 rings (SSSR count).